The van der Waals surface area contributed by atoms with Gasteiger partial charge >= 0.3 is 0 Å². The predicted octanol–water partition coefficient (Wildman–Crippen LogP) is 2.31. The first-order chi connectivity index (χ1) is 7.18. The van der Waals surface area contributed by atoms with Gasteiger partial charge in [0, 0.05) is 24.8 Å². The van der Waals surface area contributed by atoms with Crippen molar-refractivity contribution in [2.24, 2.45) is 5.73 Å². The fourth-order valence-electron chi connectivity index (χ4n) is 2.42. The highest BCUT2D eigenvalue weighted by molar-refractivity contribution is 5.48. The van der Waals surface area contributed by atoms with Crippen molar-refractivity contribution in [1.29, 1.82) is 0 Å². The molecule has 15 heavy (non-hydrogen) atoms. The normalized spacial score (nSPS) is 25.5. The summed E-state index contributed by atoms with van der Waals surface area (Å²) in [5, 5.41) is 0. The van der Waals surface area contributed by atoms with Crippen LogP contribution < -0.4 is 10.6 Å². The topological polar surface area (TPSA) is 29.3 Å². The van der Waals surface area contributed by atoms with Gasteiger partial charge in [0.2, 0.25) is 0 Å². The summed E-state index contributed by atoms with van der Waals surface area (Å²) in [4.78, 5) is 2.33. The smallest absolute Gasteiger partial charge is 0.0437 e. The lowest BCUT2D eigenvalue weighted by Gasteiger charge is -2.29. The van der Waals surface area contributed by atoms with Crippen molar-refractivity contribution in [3.05, 3.63) is 29.8 Å². The van der Waals surface area contributed by atoms with Gasteiger partial charge in [0.25, 0.3) is 0 Å². The standard InChI is InChI=1S/C13H20N2/c1-10-6-8-11(9-7-10)15(2)13-5-3-4-12(13)14/h6-9,12-13H,3-5,14H2,1-2H3. The Morgan fingerprint density at radius 3 is 2.40 bits per heavy atom. The number of anilines is 1. The summed E-state index contributed by atoms with van der Waals surface area (Å²) < 4.78 is 0. The van der Waals surface area contributed by atoms with E-state index in [0.29, 0.717) is 12.1 Å². The van der Waals surface area contributed by atoms with Crippen LogP contribution in [0.25, 0.3) is 0 Å². The zero-order valence-electron chi connectivity index (χ0n) is 9.61. The summed E-state index contributed by atoms with van der Waals surface area (Å²) in [5.74, 6) is 0. The minimum absolute atomic E-state index is 0.344. The van der Waals surface area contributed by atoms with Gasteiger partial charge in [-0.05, 0) is 38.3 Å². The number of nitrogens with zero attached hydrogens (tertiary/aromatic N) is 1. The van der Waals surface area contributed by atoms with Crippen LogP contribution in [-0.4, -0.2) is 19.1 Å². The van der Waals surface area contributed by atoms with E-state index in [1.54, 1.807) is 0 Å². The molecule has 1 aliphatic rings. The third kappa shape index (κ3) is 2.15. The number of likely N-dealkylation sites (N-methyl/N-ethyl adjacent to an activating group) is 1. The highest BCUT2D eigenvalue weighted by atomic mass is 15.2. The molecule has 2 rings (SSSR count). The maximum atomic E-state index is 6.11. The molecule has 2 N–H and O–H groups in total. The molecule has 1 saturated carbocycles. The summed E-state index contributed by atoms with van der Waals surface area (Å²) in [6.07, 6.45) is 3.66. The Hall–Kier alpha value is -1.02. The molecule has 0 spiro atoms. The van der Waals surface area contributed by atoms with E-state index in [0.717, 1.165) is 0 Å². The van der Waals surface area contributed by atoms with Crippen molar-refractivity contribution in [2.75, 3.05) is 11.9 Å². The molecule has 2 nitrogen and oxygen atoms in total. The van der Waals surface area contributed by atoms with Gasteiger partial charge in [0.15, 0.2) is 0 Å². The average Bonchev–Trinajstić information content (AvgIpc) is 2.65. The molecule has 0 radical (unpaired) electrons. The number of aryl methyl sites for hydroxylation is 1. The second-order valence-corrected chi connectivity index (χ2v) is 4.61. The zero-order valence-corrected chi connectivity index (χ0v) is 9.61. The second-order valence-electron chi connectivity index (χ2n) is 4.61. The Kier molecular flexibility index (Phi) is 2.96. The van der Waals surface area contributed by atoms with Gasteiger partial charge in [0.05, 0.1) is 0 Å². The maximum Gasteiger partial charge on any atom is 0.0437 e. The summed E-state index contributed by atoms with van der Waals surface area (Å²) in [6.45, 7) is 2.12. The van der Waals surface area contributed by atoms with E-state index in [2.05, 4.69) is 43.1 Å². The molecule has 0 heterocycles. The molecule has 1 aromatic rings. The summed E-state index contributed by atoms with van der Waals surface area (Å²) >= 11 is 0. The van der Waals surface area contributed by atoms with Crippen molar-refractivity contribution in [1.82, 2.24) is 0 Å². The summed E-state index contributed by atoms with van der Waals surface area (Å²) in [5.41, 5.74) is 8.69. The van der Waals surface area contributed by atoms with Gasteiger partial charge in [-0.15, -0.1) is 0 Å². The van der Waals surface area contributed by atoms with Crippen LogP contribution in [0.4, 0.5) is 5.69 Å². The molecule has 1 aromatic carbocycles. The van der Waals surface area contributed by atoms with Gasteiger partial charge < -0.3 is 10.6 Å². The third-order valence-electron chi connectivity index (χ3n) is 3.47. The van der Waals surface area contributed by atoms with Gasteiger partial charge in [-0.1, -0.05) is 17.7 Å². The molecule has 1 aliphatic carbocycles. The van der Waals surface area contributed by atoms with Crippen molar-refractivity contribution in [3.8, 4) is 0 Å². The number of rotatable bonds is 2. The highest BCUT2D eigenvalue weighted by Crippen LogP contribution is 2.26. The van der Waals surface area contributed by atoms with E-state index in [4.69, 9.17) is 5.73 Å². The molecule has 0 amide bonds. The fraction of sp³-hybridized carbons (Fsp3) is 0.538. The molecule has 2 heteroatoms. The third-order valence-corrected chi connectivity index (χ3v) is 3.47. The quantitative estimate of drug-likeness (QED) is 0.801. The van der Waals surface area contributed by atoms with E-state index in [1.165, 1.54) is 30.5 Å². The van der Waals surface area contributed by atoms with Gasteiger partial charge in [-0.3, -0.25) is 0 Å². The van der Waals surface area contributed by atoms with Crippen molar-refractivity contribution in [2.45, 2.75) is 38.3 Å². The second kappa shape index (κ2) is 4.23. The minimum atomic E-state index is 0.344. The molecule has 0 aromatic heterocycles. The van der Waals surface area contributed by atoms with Crippen molar-refractivity contribution in [3.63, 3.8) is 0 Å². The maximum absolute atomic E-state index is 6.11. The first-order valence-corrected chi connectivity index (χ1v) is 5.73. The first-order valence-electron chi connectivity index (χ1n) is 5.73. The molecule has 1 fully saturated rings. The largest absolute Gasteiger partial charge is 0.370 e. The molecular weight excluding hydrogens is 184 g/mol. The van der Waals surface area contributed by atoms with Crippen LogP contribution >= 0.6 is 0 Å². The molecule has 0 saturated heterocycles. The zero-order chi connectivity index (χ0) is 10.8. The van der Waals surface area contributed by atoms with Gasteiger partial charge in [-0.2, -0.15) is 0 Å². The van der Waals surface area contributed by atoms with Crippen molar-refractivity contribution >= 4 is 5.69 Å². The fourth-order valence-corrected chi connectivity index (χ4v) is 2.42. The average molecular weight is 204 g/mol. The van der Waals surface area contributed by atoms with Crippen LogP contribution in [0.1, 0.15) is 24.8 Å². The van der Waals surface area contributed by atoms with Crippen LogP contribution in [0, 0.1) is 6.92 Å². The van der Waals surface area contributed by atoms with Crippen LogP contribution in [0.5, 0.6) is 0 Å². The monoisotopic (exact) mass is 204 g/mol. The summed E-state index contributed by atoms with van der Waals surface area (Å²) in [7, 11) is 2.15. The minimum Gasteiger partial charge on any atom is -0.370 e. The number of hydrogen-bond donors (Lipinski definition) is 1. The van der Waals surface area contributed by atoms with Crippen LogP contribution in [-0.2, 0) is 0 Å². The molecule has 82 valence electrons. The number of benzene rings is 1. The molecular formula is C13H20N2. The lowest BCUT2D eigenvalue weighted by molar-refractivity contribution is 0.572. The number of hydrogen-bond acceptors (Lipinski definition) is 2. The first kappa shape index (κ1) is 10.5. The van der Waals surface area contributed by atoms with Crippen molar-refractivity contribution < 1.29 is 0 Å². The van der Waals surface area contributed by atoms with E-state index in [9.17, 15) is 0 Å². The molecule has 2 atom stereocenters. The van der Waals surface area contributed by atoms with Gasteiger partial charge in [0.1, 0.15) is 0 Å². The van der Waals surface area contributed by atoms with E-state index >= 15 is 0 Å². The number of nitrogens with two attached hydrogens (primary N) is 1. The Labute approximate surface area is 92.1 Å². The Balaban J connectivity index is 2.13. The van der Waals surface area contributed by atoms with E-state index in [-0.39, 0.29) is 0 Å². The Morgan fingerprint density at radius 2 is 1.87 bits per heavy atom. The molecule has 0 bridgehead atoms. The lowest BCUT2D eigenvalue weighted by Crippen LogP contribution is -2.42. The van der Waals surface area contributed by atoms with Crippen LogP contribution in [0.15, 0.2) is 24.3 Å². The van der Waals surface area contributed by atoms with E-state index in [1.807, 2.05) is 0 Å². The molecule has 0 aliphatic heterocycles. The van der Waals surface area contributed by atoms with Crippen LogP contribution in [0.2, 0.25) is 0 Å². The molecule has 2 unspecified atom stereocenters. The van der Waals surface area contributed by atoms with Crippen LogP contribution in [0.3, 0.4) is 0 Å². The summed E-state index contributed by atoms with van der Waals surface area (Å²) in [6, 6.07) is 9.54. The predicted molar refractivity (Wildman–Crippen MR) is 65.2 cm³/mol. The Morgan fingerprint density at radius 1 is 1.20 bits per heavy atom. The van der Waals surface area contributed by atoms with Gasteiger partial charge in [-0.25, -0.2) is 0 Å². The SMILES string of the molecule is Cc1ccc(N(C)C2CCCC2N)cc1. The highest BCUT2D eigenvalue weighted by Gasteiger charge is 2.27. The Bertz CT molecular complexity index is 318. The van der Waals surface area contributed by atoms with E-state index < -0.39 is 0 Å². The lowest BCUT2D eigenvalue weighted by atomic mass is 10.1.